The van der Waals surface area contributed by atoms with E-state index in [0.29, 0.717) is 11.8 Å². The number of benzene rings is 4. The summed E-state index contributed by atoms with van der Waals surface area (Å²) >= 11 is 0. The second-order valence-electron chi connectivity index (χ2n) is 9.00. The molecule has 2 aliphatic carbocycles. The molecule has 146 valence electrons. The van der Waals surface area contributed by atoms with Crippen molar-refractivity contribution < 1.29 is 0 Å². The van der Waals surface area contributed by atoms with E-state index >= 15 is 0 Å². The molecule has 4 aromatic rings. The van der Waals surface area contributed by atoms with Crippen LogP contribution in [0.3, 0.4) is 0 Å². The molecule has 0 N–H and O–H groups in total. The molecule has 0 saturated heterocycles. The van der Waals surface area contributed by atoms with Crippen LogP contribution in [0.4, 0.5) is 0 Å². The molecule has 3 atom stereocenters. The molecule has 0 heterocycles. The van der Waals surface area contributed by atoms with Crippen molar-refractivity contribution in [2.45, 2.75) is 24.4 Å². The van der Waals surface area contributed by atoms with Gasteiger partial charge in [-0.1, -0.05) is 104 Å². The highest BCUT2D eigenvalue weighted by molar-refractivity contribution is 6.41. The number of hydrogen-bond donors (Lipinski definition) is 0. The van der Waals surface area contributed by atoms with Gasteiger partial charge < -0.3 is 0 Å². The Morgan fingerprint density at radius 3 is 1.73 bits per heavy atom. The van der Waals surface area contributed by atoms with E-state index in [0.717, 1.165) is 15.4 Å². The smallest absolute Gasteiger partial charge is 0.0549 e. The minimum absolute atomic E-state index is 0.0475. The summed E-state index contributed by atoms with van der Waals surface area (Å²) in [7, 11) is 0.810. The Bertz CT molecular complexity index is 1180. The van der Waals surface area contributed by atoms with Crippen molar-refractivity contribution in [2.75, 3.05) is 0 Å². The zero-order chi connectivity index (χ0) is 20.1. The summed E-state index contributed by atoms with van der Waals surface area (Å²) in [5.41, 5.74) is 3.06. The van der Waals surface area contributed by atoms with Gasteiger partial charge in [0, 0.05) is 5.04 Å². The molecule has 0 nitrogen and oxygen atoms in total. The second kappa shape index (κ2) is 6.96. The lowest BCUT2D eigenvalue weighted by Crippen LogP contribution is -2.43. The second-order valence-corrected chi connectivity index (χ2v) is 10.3. The molecule has 2 radical (unpaired) electrons. The number of fused-ring (bicyclic) bond motifs is 4. The molecule has 3 unspecified atom stereocenters. The highest BCUT2D eigenvalue weighted by atomic mass is 28.2. The maximum absolute atomic E-state index is 2.53. The van der Waals surface area contributed by atoms with Gasteiger partial charge in [0.2, 0.25) is 0 Å². The van der Waals surface area contributed by atoms with Crippen molar-refractivity contribution in [2.24, 2.45) is 17.8 Å². The average molecular weight is 403 g/mol. The Morgan fingerprint density at radius 2 is 1.23 bits per heavy atom. The fourth-order valence-electron chi connectivity index (χ4n) is 6.42. The lowest BCUT2D eigenvalue weighted by molar-refractivity contribution is 0.362. The molecule has 1 fully saturated rings. The molecule has 0 aromatic heterocycles. The monoisotopic (exact) mass is 402 g/mol. The molecule has 4 aromatic carbocycles. The summed E-state index contributed by atoms with van der Waals surface area (Å²) in [6.07, 6.45) is 7.67. The first-order valence-corrected chi connectivity index (χ1v) is 12.6. The molecule has 0 aliphatic heterocycles. The van der Waals surface area contributed by atoms with Gasteiger partial charge >= 0.3 is 0 Å². The maximum atomic E-state index is 2.53. The average Bonchev–Trinajstić information content (AvgIpc) is 3.44. The van der Waals surface area contributed by atoms with Gasteiger partial charge in [-0.15, -0.1) is 0 Å². The molecular formula is C29H26Si. The minimum Gasteiger partial charge on any atom is -0.0851 e. The topological polar surface area (TPSA) is 0 Å². The Morgan fingerprint density at radius 1 is 0.667 bits per heavy atom. The molecule has 6 rings (SSSR count). The van der Waals surface area contributed by atoms with Crippen LogP contribution in [0.2, 0.25) is 6.55 Å². The lowest BCUT2D eigenvalue weighted by atomic mass is 9.71. The van der Waals surface area contributed by atoms with Gasteiger partial charge in [0.15, 0.2) is 0 Å². The molecule has 2 bridgehead atoms. The van der Waals surface area contributed by atoms with Gasteiger partial charge in [-0.2, -0.15) is 0 Å². The first-order chi connectivity index (χ1) is 14.8. The van der Waals surface area contributed by atoms with E-state index in [1.165, 1.54) is 45.5 Å². The van der Waals surface area contributed by atoms with E-state index in [-0.39, 0.29) is 5.04 Å². The van der Waals surface area contributed by atoms with Gasteiger partial charge in [-0.05, 0) is 63.3 Å². The Hall–Kier alpha value is -2.64. The van der Waals surface area contributed by atoms with E-state index in [2.05, 4.69) is 104 Å². The molecule has 2 aliphatic rings. The Labute approximate surface area is 181 Å². The fraction of sp³-hybridized carbons (Fsp3) is 0.241. The van der Waals surface area contributed by atoms with Crippen molar-refractivity contribution in [1.29, 1.82) is 0 Å². The first kappa shape index (κ1) is 18.2. The quantitative estimate of drug-likeness (QED) is 0.250. The zero-order valence-electron chi connectivity index (χ0n) is 17.4. The van der Waals surface area contributed by atoms with E-state index < -0.39 is 0 Å². The van der Waals surface area contributed by atoms with Crippen molar-refractivity contribution in [3.8, 4) is 0 Å². The van der Waals surface area contributed by atoms with Crippen LogP contribution in [0.25, 0.3) is 21.5 Å². The van der Waals surface area contributed by atoms with Crippen molar-refractivity contribution in [1.82, 2.24) is 0 Å². The zero-order valence-corrected chi connectivity index (χ0v) is 18.4. The summed E-state index contributed by atoms with van der Waals surface area (Å²) in [4.78, 5) is 0. The molecule has 0 spiro atoms. The van der Waals surface area contributed by atoms with Crippen LogP contribution >= 0.6 is 0 Å². The largest absolute Gasteiger partial charge is 0.0851 e. The van der Waals surface area contributed by atoms with Gasteiger partial charge in [0.1, 0.15) is 0 Å². The van der Waals surface area contributed by atoms with Gasteiger partial charge in [-0.25, -0.2) is 0 Å². The van der Waals surface area contributed by atoms with Gasteiger partial charge in [0.05, 0.1) is 9.52 Å². The summed E-state index contributed by atoms with van der Waals surface area (Å²) in [5.74, 6) is 2.12. The van der Waals surface area contributed by atoms with Crippen LogP contribution in [0.1, 0.15) is 24.0 Å². The third-order valence-corrected chi connectivity index (χ3v) is 9.36. The van der Waals surface area contributed by atoms with Crippen molar-refractivity contribution in [3.05, 3.63) is 108 Å². The van der Waals surface area contributed by atoms with Gasteiger partial charge in [-0.3, -0.25) is 0 Å². The highest BCUT2D eigenvalue weighted by Crippen LogP contribution is 2.56. The standard InChI is InChI=1S/C29H26Si/c1-30-29(28-19-20-16-17-23(28)18-20,26-14-6-10-21-8-2-4-12-24(21)26)27-15-7-11-22-9-3-5-13-25(22)27/h2-17,20,23,28H,18-19H2,1H3. The SMILES string of the molecule is C[Si]C(c1cccc2ccccc12)(c1cccc2ccccc12)C1CC2C=CC1C2. The Balaban J connectivity index is 1.72. The summed E-state index contributed by atoms with van der Waals surface area (Å²) < 4.78 is 0. The molecule has 1 heteroatoms. The molecule has 1 saturated carbocycles. The van der Waals surface area contributed by atoms with Crippen LogP contribution in [0.15, 0.2) is 97.1 Å². The summed E-state index contributed by atoms with van der Waals surface area (Å²) in [5, 5.41) is 5.61. The Kier molecular flexibility index (Phi) is 4.21. The minimum atomic E-state index is 0.0475. The van der Waals surface area contributed by atoms with Gasteiger partial charge in [0.25, 0.3) is 0 Å². The third kappa shape index (κ3) is 2.51. The van der Waals surface area contributed by atoms with E-state index in [1.54, 1.807) is 0 Å². The number of allylic oxidation sites excluding steroid dienone is 2. The summed E-state index contributed by atoms with van der Waals surface area (Å²) in [6, 6.07) is 31.9. The number of hydrogen-bond acceptors (Lipinski definition) is 0. The fourth-order valence-corrected chi connectivity index (χ4v) is 8.09. The van der Waals surface area contributed by atoms with E-state index in [1.807, 2.05) is 0 Å². The van der Waals surface area contributed by atoms with Crippen LogP contribution in [-0.2, 0) is 5.04 Å². The summed E-state index contributed by atoms with van der Waals surface area (Å²) in [6.45, 7) is 2.44. The van der Waals surface area contributed by atoms with Crippen LogP contribution in [-0.4, -0.2) is 9.52 Å². The first-order valence-electron chi connectivity index (χ1n) is 11.1. The van der Waals surface area contributed by atoms with E-state index in [9.17, 15) is 0 Å². The molecule has 0 amide bonds. The maximum Gasteiger partial charge on any atom is 0.0549 e. The van der Waals surface area contributed by atoms with Crippen LogP contribution < -0.4 is 0 Å². The lowest BCUT2D eigenvalue weighted by Gasteiger charge is -2.44. The van der Waals surface area contributed by atoms with Crippen molar-refractivity contribution >= 4 is 31.1 Å². The highest BCUT2D eigenvalue weighted by Gasteiger charge is 2.50. The normalized spacial score (nSPS) is 22.9. The predicted molar refractivity (Wildman–Crippen MR) is 129 cm³/mol. The van der Waals surface area contributed by atoms with Crippen LogP contribution in [0, 0.1) is 17.8 Å². The molecule has 30 heavy (non-hydrogen) atoms. The predicted octanol–water partition coefficient (Wildman–Crippen LogP) is 7.20. The molecular weight excluding hydrogens is 376 g/mol. The van der Waals surface area contributed by atoms with Crippen molar-refractivity contribution in [3.63, 3.8) is 0 Å². The van der Waals surface area contributed by atoms with E-state index in [4.69, 9.17) is 0 Å². The number of rotatable bonds is 4. The van der Waals surface area contributed by atoms with Crippen LogP contribution in [0.5, 0.6) is 0 Å². The third-order valence-electron chi connectivity index (χ3n) is 7.66.